The monoisotopic (exact) mass is 382 g/mol. The van der Waals surface area contributed by atoms with Gasteiger partial charge in [0, 0.05) is 30.3 Å². The van der Waals surface area contributed by atoms with Crippen molar-refractivity contribution in [3.8, 4) is 0 Å². The van der Waals surface area contributed by atoms with E-state index in [1.807, 2.05) is 43.0 Å². The molecule has 2 N–H and O–H groups in total. The van der Waals surface area contributed by atoms with E-state index in [1.165, 1.54) is 0 Å². The third kappa shape index (κ3) is 4.31. The zero-order valence-corrected chi connectivity index (χ0v) is 16.0. The van der Waals surface area contributed by atoms with E-state index in [-0.39, 0.29) is 5.56 Å². The van der Waals surface area contributed by atoms with Crippen LogP contribution in [-0.4, -0.2) is 33.4 Å². The highest BCUT2D eigenvalue weighted by molar-refractivity contribution is 7.99. The van der Waals surface area contributed by atoms with E-state index in [4.69, 9.17) is 4.74 Å². The average Bonchev–Trinajstić information content (AvgIpc) is 2.69. The molecule has 0 unspecified atom stereocenters. The van der Waals surface area contributed by atoms with Crippen LogP contribution in [0.4, 0.5) is 11.4 Å². The molecule has 6 nitrogen and oxygen atoms in total. The Morgan fingerprint density at radius 1 is 1.30 bits per heavy atom. The summed E-state index contributed by atoms with van der Waals surface area (Å²) in [5.41, 5.74) is 3.55. The zero-order chi connectivity index (χ0) is 18.6. The van der Waals surface area contributed by atoms with Crippen LogP contribution in [0.15, 0.2) is 41.5 Å². The molecule has 1 aliphatic heterocycles. The number of pyridine rings is 1. The first-order valence-corrected chi connectivity index (χ1v) is 10.1. The molecule has 0 aliphatic carbocycles. The number of aromatic amines is 1. The number of anilines is 2. The summed E-state index contributed by atoms with van der Waals surface area (Å²) in [6.07, 6.45) is 5.67. The van der Waals surface area contributed by atoms with Crippen LogP contribution in [0.1, 0.15) is 24.2 Å². The van der Waals surface area contributed by atoms with Crippen LogP contribution < -0.4 is 10.9 Å². The first-order valence-electron chi connectivity index (χ1n) is 9.09. The number of nitrogens with one attached hydrogen (secondary N) is 2. The van der Waals surface area contributed by atoms with Crippen molar-refractivity contribution >= 4 is 34.0 Å². The van der Waals surface area contributed by atoms with Crippen LogP contribution in [0.5, 0.6) is 0 Å². The Bertz CT molecular complexity index is 999. The van der Waals surface area contributed by atoms with Crippen LogP contribution in [-0.2, 0) is 10.5 Å². The lowest BCUT2D eigenvalue weighted by Crippen LogP contribution is -2.18. The van der Waals surface area contributed by atoms with Crippen molar-refractivity contribution in [3.63, 3.8) is 0 Å². The van der Waals surface area contributed by atoms with Crippen molar-refractivity contribution in [3.05, 3.63) is 58.4 Å². The van der Waals surface area contributed by atoms with E-state index in [9.17, 15) is 4.79 Å². The van der Waals surface area contributed by atoms with Gasteiger partial charge in [-0.05, 0) is 49.6 Å². The molecule has 0 amide bonds. The number of rotatable bonds is 5. The van der Waals surface area contributed by atoms with Crippen molar-refractivity contribution in [2.45, 2.75) is 30.8 Å². The standard InChI is InChI=1S/C20H22N4O2S/c1-13-4-7-21-11-18(13)22-14-2-3-16-17(10-14)23-19(24-20(16)25)12-27-15-5-8-26-9-6-15/h2-4,7,10-11,15,22H,5-6,8-9,12H2,1H3,(H,23,24,25). The summed E-state index contributed by atoms with van der Waals surface area (Å²) in [7, 11) is 0. The van der Waals surface area contributed by atoms with Gasteiger partial charge in [-0.25, -0.2) is 4.98 Å². The third-order valence-electron chi connectivity index (χ3n) is 4.70. The third-order valence-corrected chi connectivity index (χ3v) is 6.08. The molecule has 1 aromatic carbocycles. The SMILES string of the molecule is Cc1ccncc1Nc1ccc2c(=O)[nH]c(CSC3CCOCC3)nc2c1. The fourth-order valence-corrected chi connectivity index (χ4v) is 4.18. The smallest absolute Gasteiger partial charge is 0.258 e. The number of H-pyrrole nitrogens is 1. The van der Waals surface area contributed by atoms with E-state index in [2.05, 4.69) is 20.3 Å². The predicted octanol–water partition coefficient (Wildman–Crippen LogP) is 3.78. The highest BCUT2D eigenvalue weighted by atomic mass is 32.2. The fraction of sp³-hybridized carbons (Fsp3) is 0.350. The Balaban J connectivity index is 1.56. The summed E-state index contributed by atoms with van der Waals surface area (Å²) in [5, 5.41) is 4.52. The molecule has 0 radical (unpaired) electrons. The number of aromatic nitrogens is 3. The second-order valence-electron chi connectivity index (χ2n) is 6.68. The molecule has 4 rings (SSSR count). The topological polar surface area (TPSA) is 79.9 Å². The summed E-state index contributed by atoms with van der Waals surface area (Å²) >= 11 is 1.84. The van der Waals surface area contributed by atoms with E-state index >= 15 is 0 Å². The van der Waals surface area contributed by atoms with Crippen molar-refractivity contribution < 1.29 is 4.74 Å². The van der Waals surface area contributed by atoms with Gasteiger partial charge in [-0.2, -0.15) is 11.8 Å². The number of aryl methyl sites for hydroxylation is 1. The number of fused-ring (bicyclic) bond motifs is 1. The van der Waals surface area contributed by atoms with Crippen LogP contribution >= 0.6 is 11.8 Å². The Morgan fingerprint density at radius 3 is 2.96 bits per heavy atom. The van der Waals surface area contributed by atoms with Crippen LogP contribution in [0.3, 0.4) is 0 Å². The molecule has 0 spiro atoms. The molecule has 7 heteroatoms. The Labute approximate surface area is 161 Å². The second kappa shape index (κ2) is 8.10. The highest BCUT2D eigenvalue weighted by Gasteiger charge is 2.15. The lowest BCUT2D eigenvalue weighted by atomic mass is 10.2. The molecule has 0 saturated carbocycles. The molecule has 3 aromatic rings. The molecule has 0 bridgehead atoms. The fourth-order valence-electron chi connectivity index (χ4n) is 3.12. The minimum absolute atomic E-state index is 0.0910. The van der Waals surface area contributed by atoms with Crippen molar-refractivity contribution in [2.24, 2.45) is 0 Å². The van der Waals surface area contributed by atoms with Crippen LogP contribution in [0.2, 0.25) is 0 Å². The Hall–Kier alpha value is -2.38. The number of ether oxygens (including phenoxy) is 1. The molecule has 1 fully saturated rings. The largest absolute Gasteiger partial charge is 0.381 e. The summed E-state index contributed by atoms with van der Waals surface area (Å²) in [6, 6.07) is 7.57. The average molecular weight is 382 g/mol. The minimum atomic E-state index is -0.0910. The van der Waals surface area contributed by atoms with Crippen molar-refractivity contribution in [1.82, 2.24) is 15.0 Å². The van der Waals surface area contributed by atoms with E-state index in [1.54, 1.807) is 12.4 Å². The van der Waals surface area contributed by atoms with Gasteiger partial charge in [-0.15, -0.1) is 0 Å². The first-order chi connectivity index (χ1) is 13.2. The minimum Gasteiger partial charge on any atom is -0.381 e. The molecule has 1 aliphatic rings. The summed E-state index contributed by atoms with van der Waals surface area (Å²) in [5.74, 6) is 1.42. The van der Waals surface area contributed by atoms with Gasteiger partial charge in [0.25, 0.3) is 5.56 Å². The molecule has 27 heavy (non-hydrogen) atoms. The molecule has 3 heterocycles. The number of nitrogens with zero attached hydrogens (tertiary/aromatic N) is 2. The maximum absolute atomic E-state index is 12.4. The summed E-state index contributed by atoms with van der Waals surface area (Å²) < 4.78 is 5.40. The molecule has 2 aromatic heterocycles. The van der Waals surface area contributed by atoms with E-state index in [0.717, 1.165) is 48.8 Å². The zero-order valence-electron chi connectivity index (χ0n) is 15.2. The predicted molar refractivity (Wildman–Crippen MR) is 110 cm³/mol. The van der Waals surface area contributed by atoms with Gasteiger partial charge in [-0.3, -0.25) is 9.78 Å². The van der Waals surface area contributed by atoms with Gasteiger partial charge in [0.2, 0.25) is 0 Å². The highest BCUT2D eigenvalue weighted by Crippen LogP contribution is 2.25. The normalized spacial score (nSPS) is 15.1. The van der Waals surface area contributed by atoms with Crippen LogP contribution in [0.25, 0.3) is 10.9 Å². The lowest BCUT2D eigenvalue weighted by molar-refractivity contribution is 0.1000. The lowest BCUT2D eigenvalue weighted by Gasteiger charge is -2.21. The summed E-state index contributed by atoms with van der Waals surface area (Å²) in [4.78, 5) is 24.2. The second-order valence-corrected chi connectivity index (χ2v) is 7.97. The maximum atomic E-state index is 12.4. The van der Waals surface area contributed by atoms with Gasteiger partial charge in [-0.1, -0.05) is 0 Å². The number of hydrogen-bond donors (Lipinski definition) is 2. The van der Waals surface area contributed by atoms with Gasteiger partial charge < -0.3 is 15.0 Å². The van der Waals surface area contributed by atoms with Gasteiger partial charge in [0.1, 0.15) is 5.82 Å². The molecular weight excluding hydrogens is 360 g/mol. The first kappa shape index (κ1) is 18.0. The molecule has 140 valence electrons. The van der Waals surface area contributed by atoms with Gasteiger partial charge in [0.15, 0.2) is 0 Å². The number of benzene rings is 1. The van der Waals surface area contributed by atoms with E-state index in [0.29, 0.717) is 21.9 Å². The van der Waals surface area contributed by atoms with Crippen molar-refractivity contribution in [1.29, 1.82) is 0 Å². The van der Waals surface area contributed by atoms with Crippen LogP contribution in [0, 0.1) is 6.92 Å². The molecule has 0 atom stereocenters. The maximum Gasteiger partial charge on any atom is 0.258 e. The molecular formula is C20H22N4O2S. The number of thioether (sulfide) groups is 1. The van der Waals surface area contributed by atoms with Gasteiger partial charge in [0.05, 0.1) is 28.5 Å². The molecule has 1 saturated heterocycles. The quantitative estimate of drug-likeness (QED) is 0.699. The van der Waals surface area contributed by atoms with Gasteiger partial charge >= 0.3 is 0 Å². The number of hydrogen-bond acceptors (Lipinski definition) is 6. The Kier molecular flexibility index (Phi) is 5.40. The van der Waals surface area contributed by atoms with Crippen molar-refractivity contribution in [2.75, 3.05) is 18.5 Å². The summed E-state index contributed by atoms with van der Waals surface area (Å²) in [6.45, 7) is 3.67. The Morgan fingerprint density at radius 2 is 2.15 bits per heavy atom. The van der Waals surface area contributed by atoms with E-state index < -0.39 is 0 Å².